The fraction of sp³-hybridized carbons (Fsp3) is 0.522. The number of morpholine rings is 1. The van der Waals surface area contributed by atoms with Crippen LogP contribution in [0.15, 0.2) is 39.9 Å². The molecule has 1 saturated heterocycles. The maximum absolute atomic E-state index is 13.4. The Kier molecular flexibility index (Phi) is 7.52. The zero-order valence-electron chi connectivity index (χ0n) is 19.2. The van der Waals surface area contributed by atoms with Crippen LogP contribution in [0.1, 0.15) is 33.3 Å². The van der Waals surface area contributed by atoms with Gasteiger partial charge in [-0.05, 0) is 25.3 Å². The third kappa shape index (κ3) is 5.66. The number of nitrogens with zero attached hydrogens (tertiary/aromatic N) is 3. The fourth-order valence-electron chi connectivity index (χ4n) is 4.13. The second kappa shape index (κ2) is 10.1. The molecule has 32 heavy (non-hydrogen) atoms. The number of nitrogen functional groups attached to an aromatic ring is 1. The molecule has 1 aromatic heterocycles. The van der Waals surface area contributed by atoms with Crippen molar-refractivity contribution < 1.29 is 9.53 Å². The Morgan fingerprint density at radius 1 is 1.19 bits per heavy atom. The molecule has 3 N–H and O–H groups in total. The molecule has 1 amide bonds. The summed E-state index contributed by atoms with van der Waals surface area (Å²) in [7, 11) is 0. The average molecular weight is 444 g/mol. The normalized spacial score (nSPS) is 19.3. The first-order chi connectivity index (χ1) is 15.2. The van der Waals surface area contributed by atoms with Gasteiger partial charge in [-0.2, -0.15) is 0 Å². The van der Waals surface area contributed by atoms with E-state index in [-0.39, 0.29) is 48.6 Å². The van der Waals surface area contributed by atoms with E-state index >= 15 is 0 Å². The Morgan fingerprint density at radius 3 is 2.41 bits per heavy atom. The highest BCUT2D eigenvalue weighted by atomic mass is 16.5. The molecule has 3 rings (SSSR count). The largest absolute Gasteiger partial charge is 0.383 e. The Morgan fingerprint density at radius 2 is 1.81 bits per heavy atom. The van der Waals surface area contributed by atoms with E-state index in [1.165, 1.54) is 9.47 Å². The number of hydrogen-bond acceptors (Lipinski definition) is 6. The molecule has 0 aliphatic carbocycles. The fourth-order valence-corrected chi connectivity index (χ4v) is 4.13. The number of nitrogens with two attached hydrogens (primary N) is 1. The summed E-state index contributed by atoms with van der Waals surface area (Å²) in [6.45, 7) is 9.77. The number of carbonyl (C=O) groups excluding carboxylic acids is 1. The van der Waals surface area contributed by atoms with Crippen molar-refractivity contribution in [3.63, 3.8) is 0 Å². The van der Waals surface area contributed by atoms with Gasteiger partial charge in [0.1, 0.15) is 5.82 Å². The van der Waals surface area contributed by atoms with Gasteiger partial charge in [0.25, 0.3) is 5.56 Å². The number of ether oxygens (including phenoxy) is 1. The van der Waals surface area contributed by atoms with E-state index < -0.39 is 11.2 Å². The zero-order valence-corrected chi connectivity index (χ0v) is 19.2. The van der Waals surface area contributed by atoms with E-state index in [1.54, 1.807) is 0 Å². The van der Waals surface area contributed by atoms with Gasteiger partial charge in [0.05, 0.1) is 25.3 Å². The van der Waals surface area contributed by atoms with Crippen LogP contribution in [0.2, 0.25) is 0 Å². The Bertz CT molecular complexity index is 1040. The lowest BCUT2D eigenvalue weighted by Gasteiger charge is -2.36. The molecule has 1 aliphatic heterocycles. The number of aromatic amines is 1. The Hall–Kier alpha value is -2.91. The van der Waals surface area contributed by atoms with Crippen molar-refractivity contribution in [2.45, 2.75) is 46.4 Å². The van der Waals surface area contributed by atoms with Crippen LogP contribution in [0.5, 0.6) is 0 Å². The second-order valence-corrected chi connectivity index (χ2v) is 8.91. The van der Waals surface area contributed by atoms with Crippen LogP contribution in [0.4, 0.5) is 11.5 Å². The lowest BCUT2D eigenvalue weighted by molar-refractivity contribution is -0.123. The first-order valence-corrected chi connectivity index (χ1v) is 11.0. The maximum Gasteiger partial charge on any atom is 0.330 e. The van der Waals surface area contributed by atoms with E-state index in [2.05, 4.69) is 4.98 Å². The van der Waals surface area contributed by atoms with Crippen molar-refractivity contribution in [3.8, 4) is 0 Å². The number of hydrogen-bond donors (Lipinski definition) is 2. The molecular formula is C23H33N5O4. The summed E-state index contributed by atoms with van der Waals surface area (Å²) in [4.78, 5) is 44.5. The van der Waals surface area contributed by atoms with Crippen molar-refractivity contribution in [2.24, 2.45) is 5.92 Å². The van der Waals surface area contributed by atoms with Crippen LogP contribution in [-0.2, 0) is 16.1 Å². The van der Waals surface area contributed by atoms with Crippen LogP contribution in [0.25, 0.3) is 0 Å². The standard InChI is InChI=1S/C23H33N5O4/c1-15(2)10-27(19(29)14-26-11-16(3)32-17(4)12-26)20-21(24)28(23(31)25-22(20)30)13-18-8-6-5-7-9-18/h5-9,15-17H,10-14,24H2,1-4H3,(H,25,30,31). The maximum atomic E-state index is 13.4. The van der Waals surface area contributed by atoms with Crippen LogP contribution in [-0.4, -0.2) is 58.7 Å². The molecule has 9 heteroatoms. The van der Waals surface area contributed by atoms with E-state index in [1.807, 2.05) is 62.9 Å². The number of carbonyl (C=O) groups is 1. The van der Waals surface area contributed by atoms with E-state index in [9.17, 15) is 14.4 Å². The number of H-pyrrole nitrogens is 1. The van der Waals surface area contributed by atoms with Crippen LogP contribution in [0.3, 0.4) is 0 Å². The Balaban J connectivity index is 1.96. The number of rotatable bonds is 7. The molecule has 9 nitrogen and oxygen atoms in total. The predicted molar refractivity (Wildman–Crippen MR) is 125 cm³/mol. The number of anilines is 2. The number of amides is 1. The van der Waals surface area contributed by atoms with Gasteiger partial charge in [-0.25, -0.2) is 4.79 Å². The topological polar surface area (TPSA) is 114 Å². The zero-order chi connectivity index (χ0) is 23.4. The monoisotopic (exact) mass is 443 g/mol. The first kappa shape index (κ1) is 23.7. The van der Waals surface area contributed by atoms with Gasteiger partial charge in [-0.3, -0.25) is 24.0 Å². The van der Waals surface area contributed by atoms with E-state index in [0.29, 0.717) is 19.6 Å². The third-order valence-corrected chi connectivity index (χ3v) is 5.37. The smallest absolute Gasteiger partial charge is 0.330 e. The van der Waals surface area contributed by atoms with Gasteiger partial charge in [0, 0.05) is 19.6 Å². The summed E-state index contributed by atoms with van der Waals surface area (Å²) in [5.41, 5.74) is 5.96. The molecule has 2 aromatic rings. The number of aromatic nitrogens is 2. The third-order valence-electron chi connectivity index (χ3n) is 5.37. The first-order valence-electron chi connectivity index (χ1n) is 11.0. The molecule has 0 bridgehead atoms. The van der Waals surface area contributed by atoms with Gasteiger partial charge in [-0.1, -0.05) is 44.2 Å². The lowest BCUT2D eigenvalue weighted by atomic mass is 10.1. The minimum Gasteiger partial charge on any atom is -0.383 e. The second-order valence-electron chi connectivity index (χ2n) is 8.91. The molecular weight excluding hydrogens is 410 g/mol. The van der Waals surface area contributed by atoms with Crippen molar-refractivity contribution in [1.29, 1.82) is 0 Å². The van der Waals surface area contributed by atoms with Crippen LogP contribution < -0.4 is 21.9 Å². The van der Waals surface area contributed by atoms with Crippen molar-refractivity contribution in [3.05, 3.63) is 56.7 Å². The molecule has 2 atom stereocenters. The summed E-state index contributed by atoms with van der Waals surface area (Å²) >= 11 is 0. The van der Waals surface area contributed by atoms with Crippen molar-refractivity contribution in [2.75, 3.05) is 36.8 Å². The van der Waals surface area contributed by atoms with Gasteiger partial charge in [0.2, 0.25) is 5.91 Å². The summed E-state index contributed by atoms with van der Waals surface area (Å²) in [5.74, 6) is -0.155. The van der Waals surface area contributed by atoms with Crippen LogP contribution >= 0.6 is 0 Å². The number of benzene rings is 1. The molecule has 0 saturated carbocycles. The molecule has 174 valence electrons. The Labute approximate surface area is 187 Å². The SMILES string of the molecule is CC(C)CN(C(=O)CN1CC(C)OC(C)C1)c1c(N)n(Cc2ccccc2)c(=O)[nH]c1=O. The molecule has 2 unspecified atom stereocenters. The van der Waals surface area contributed by atoms with Crippen molar-refractivity contribution in [1.82, 2.24) is 14.5 Å². The number of nitrogens with one attached hydrogen (secondary N) is 1. The molecule has 0 radical (unpaired) electrons. The van der Waals surface area contributed by atoms with E-state index in [4.69, 9.17) is 10.5 Å². The predicted octanol–water partition coefficient (Wildman–Crippen LogP) is 1.27. The highest BCUT2D eigenvalue weighted by Crippen LogP contribution is 2.20. The summed E-state index contributed by atoms with van der Waals surface area (Å²) < 4.78 is 7.05. The molecule has 1 fully saturated rings. The summed E-state index contributed by atoms with van der Waals surface area (Å²) in [6.07, 6.45) is 0.0395. The molecule has 0 spiro atoms. The van der Waals surface area contributed by atoms with Gasteiger partial charge >= 0.3 is 5.69 Å². The summed E-state index contributed by atoms with van der Waals surface area (Å²) in [5, 5.41) is 0. The molecule has 2 heterocycles. The molecule has 1 aromatic carbocycles. The van der Waals surface area contributed by atoms with Gasteiger partial charge in [-0.15, -0.1) is 0 Å². The summed E-state index contributed by atoms with van der Waals surface area (Å²) in [6, 6.07) is 9.34. The van der Waals surface area contributed by atoms with Gasteiger partial charge in [0.15, 0.2) is 5.69 Å². The average Bonchev–Trinajstić information content (AvgIpc) is 2.70. The lowest BCUT2D eigenvalue weighted by Crippen LogP contribution is -2.51. The highest BCUT2D eigenvalue weighted by Gasteiger charge is 2.29. The van der Waals surface area contributed by atoms with Gasteiger partial charge < -0.3 is 15.4 Å². The molecule has 1 aliphatic rings. The highest BCUT2D eigenvalue weighted by molar-refractivity contribution is 5.96. The van der Waals surface area contributed by atoms with Crippen molar-refractivity contribution >= 4 is 17.4 Å². The quantitative estimate of drug-likeness (QED) is 0.666. The van der Waals surface area contributed by atoms with Crippen LogP contribution in [0, 0.1) is 5.92 Å². The minimum absolute atomic E-state index is 0.0136. The van der Waals surface area contributed by atoms with E-state index in [0.717, 1.165) is 5.56 Å². The minimum atomic E-state index is -0.658.